The Bertz CT molecular complexity index is 1500. The van der Waals surface area contributed by atoms with E-state index in [1.54, 1.807) is 18.3 Å². The fraction of sp³-hybridized carbons (Fsp3) is 0.520. The Morgan fingerprint density at radius 3 is 2.67 bits per heavy atom. The summed E-state index contributed by atoms with van der Waals surface area (Å²) in [6.45, 7) is 2.05. The number of hydrogen-bond acceptors (Lipinski definition) is 11. The first kappa shape index (κ1) is 28.9. The van der Waals surface area contributed by atoms with Crippen LogP contribution in [0.3, 0.4) is 0 Å². The summed E-state index contributed by atoms with van der Waals surface area (Å²) in [6.07, 6.45) is -1.17. The molecule has 3 aliphatic heterocycles. The molecule has 2 N–H and O–H groups in total. The van der Waals surface area contributed by atoms with Crippen LogP contribution in [0.15, 0.2) is 45.4 Å². The highest BCUT2D eigenvalue weighted by Gasteiger charge is 2.40. The standard InChI is InChI=1S/C25H28F3N7O5S2/c26-25(27,28)23-32-31-20-13-34(8-9-35(20)23)12-17-11-29-24(41-17)30-22(36)21(33-40-16-7-10-39-14-16)15-1-3-18(4-2-15)42(37,38)19-5-6-19/h1-4,11,16,19,24,29H,5-10,12-14H2,(H,30,36)/b33-21+/t16-,24?/m1/s1. The Labute approximate surface area is 243 Å². The number of aromatic nitrogens is 3. The molecule has 4 heterocycles. The molecule has 1 aromatic heterocycles. The lowest BCUT2D eigenvalue weighted by Gasteiger charge is -2.28. The molecule has 17 heteroatoms. The van der Waals surface area contributed by atoms with Gasteiger partial charge in [-0.3, -0.25) is 9.69 Å². The zero-order chi connectivity index (χ0) is 29.5. The Morgan fingerprint density at radius 1 is 1.19 bits per heavy atom. The molecule has 1 aromatic carbocycles. The Balaban J connectivity index is 1.08. The molecule has 6 rings (SSSR count). The van der Waals surface area contributed by atoms with E-state index in [1.807, 2.05) is 4.90 Å². The summed E-state index contributed by atoms with van der Waals surface area (Å²) in [6, 6.07) is 6.04. The van der Waals surface area contributed by atoms with E-state index in [0.29, 0.717) is 51.1 Å². The fourth-order valence-corrected chi connectivity index (χ4v) is 7.48. The van der Waals surface area contributed by atoms with E-state index in [-0.39, 0.29) is 40.9 Å². The minimum absolute atomic E-state index is 0.0102. The van der Waals surface area contributed by atoms with Crippen LogP contribution in [0.4, 0.5) is 13.2 Å². The molecule has 2 aromatic rings. The van der Waals surface area contributed by atoms with Crippen LogP contribution >= 0.6 is 11.8 Å². The lowest BCUT2D eigenvalue weighted by Crippen LogP contribution is -2.42. The van der Waals surface area contributed by atoms with E-state index in [4.69, 9.17) is 9.57 Å². The van der Waals surface area contributed by atoms with Crippen molar-refractivity contribution >= 4 is 33.2 Å². The predicted molar refractivity (Wildman–Crippen MR) is 145 cm³/mol. The van der Waals surface area contributed by atoms with Crippen molar-refractivity contribution in [1.29, 1.82) is 0 Å². The van der Waals surface area contributed by atoms with Crippen LogP contribution in [-0.2, 0) is 43.5 Å². The average molecular weight is 628 g/mol. The number of alkyl halides is 3. The number of halogens is 3. The van der Waals surface area contributed by atoms with Crippen LogP contribution in [0.25, 0.3) is 0 Å². The lowest BCUT2D eigenvalue weighted by atomic mass is 10.1. The SMILES string of the molecule is O=C(NC1NC=C(CN2CCn3c(nnc3C(F)(F)F)C2)S1)/C(=N/O[C@@H]1CCOC1)c1ccc(S(=O)(=O)C2CC2)cc1. The summed E-state index contributed by atoms with van der Waals surface area (Å²) in [4.78, 5) is 22.0. The molecule has 4 aliphatic rings. The van der Waals surface area contributed by atoms with Gasteiger partial charge in [-0.25, -0.2) is 8.42 Å². The number of oxime groups is 1. The fourth-order valence-electron chi connectivity index (χ4n) is 4.82. The Kier molecular flexibility index (Phi) is 7.93. The van der Waals surface area contributed by atoms with Crippen molar-refractivity contribution in [2.75, 3.05) is 26.3 Å². The predicted octanol–water partition coefficient (Wildman–Crippen LogP) is 1.84. The van der Waals surface area contributed by atoms with E-state index < -0.39 is 33.2 Å². The molecule has 2 atom stereocenters. The van der Waals surface area contributed by atoms with Gasteiger partial charge in [-0.2, -0.15) is 13.2 Å². The summed E-state index contributed by atoms with van der Waals surface area (Å²) in [5, 5.41) is 16.8. The number of nitrogens with one attached hydrogen (secondary N) is 2. The van der Waals surface area contributed by atoms with Gasteiger partial charge in [0.1, 0.15) is 5.82 Å². The topological polar surface area (TPSA) is 140 Å². The monoisotopic (exact) mass is 627 g/mol. The number of carbonyl (C=O) groups is 1. The van der Waals surface area contributed by atoms with E-state index in [2.05, 4.69) is 26.0 Å². The Hall–Kier alpha value is -3.15. The van der Waals surface area contributed by atoms with Gasteiger partial charge >= 0.3 is 6.18 Å². The zero-order valence-electron chi connectivity index (χ0n) is 22.2. The number of hydrogen-bond donors (Lipinski definition) is 2. The first-order valence-electron chi connectivity index (χ1n) is 13.4. The van der Waals surface area contributed by atoms with Gasteiger partial charge in [0.2, 0.25) is 5.82 Å². The van der Waals surface area contributed by atoms with E-state index in [0.717, 1.165) is 9.47 Å². The van der Waals surface area contributed by atoms with Gasteiger partial charge in [0.05, 0.1) is 29.9 Å². The number of sulfone groups is 1. The molecular weight excluding hydrogens is 599 g/mol. The average Bonchev–Trinajstić information content (AvgIpc) is 3.30. The molecule has 1 amide bonds. The molecule has 0 radical (unpaired) electrons. The third-order valence-corrected chi connectivity index (χ3v) is 10.5. The first-order chi connectivity index (χ1) is 20.1. The van der Waals surface area contributed by atoms with Crippen molar-refractivity contribution in [2.45, 2.75) is 60.3 Å². The van der Waals surface area contributed by atoms with Gasteiger partial charge in [-0.05, 0) is 25.0 Å². The first-order valence-corrected chi connectivity index (χ1v) is 15.8. The van der Waals surface area contributed by atoms with Crippen molar-refractivity contribution in [3.63, 3.8) is 0 Å². The lowest BCUT2D eigenvalue weighted by molar-refractivity contribution is -0.148. The van der Waals surface area contributed by atoms with Crippen molar-refractivity contribution in [3.05, 3.63) is 52.6 Å². The minimum Gasteiger partial charge on any atom is -0.389 e. The maximum atomic E-state index is 13.4. The van der Waals surface area contributed by atoms with Gasteiger partial charge in [0.25, 0.3) is 5.91 Å². The number of ether oxygens (including phenoxy) is 1. The van der Waals surface area contributed by atoms with Gasteiger partial charge in [0, 0.05) is 42.7 Å². The number of benzene rings is 1. The zero-order valence-corrected chi connectivity index (χ0v) is 23.8. The van der Waals surface area contributed by atoms with Crippen LogP contribution in [0, 0.1) is 0 Å². The van der Waals surface area contributed by atoms with E-state index >= 15 is 0 Å². The number of nitrogens with zero attached hydrogens (tertiary/aromatic N) is 5. The Morgan fingerprint density at radius 2 is 1.98 bits per heavy atom. The third-order valence-electron chi connectivity index (χ3n) is 7.21. The molecule has 42 heavy (non-hydrogen) atoms. The second kappa shape index (κ2) is 11.5. The number of thioether (sulfide) groups is 1. The van der Waals surface area contributed by atoms with Crippen LogP contribution in [-0.4, -0.2) is 82.9 Å². The smallest absolute Gasteiger partial charge is 0.389 e. The highest BCUT2D eigenvalue weighted by atomic mass is 32.2. The molecule has 1 unspecified atom stereocenters. The van der Waals surface area contributed by atoms with Crippen molar-refractivity contribution in [2.24, 2.45) is 5.16 Å². The maximum absolute atomic E-state index is 13.4. The highest BCUT2D eigenvalue weighted by molar-refractivity contribution is 8.03. The normalized spacial score (nSPS) is 23.3. The van der Waals surface area contributed by atoms with Gasteiger partial charge in [-0.15, -0.1) is 10.2 Å². The summed E-state index contributed by atoms with van der Waals surface area (Å²) < 4.78 is 71.0. The number of rotatable bonds is 9. The molecule has 1 saturated carbocycles. The number of fused-ring (bicyclic) bond motifs is 1. The van der Waals surface area contributed by atoms with E-state index in [1.165, 1.54) is 23.9 Å². The molecule has 226 valence electrons. The van der Waals surface area contributed by atoms with Crippen molar-refractivity contribution < 1.29 is 36.0 Å². The summed E-state index contributed by atoms with van der Waals surface area (Å²) in [7, 11) is -3.38. The largest absolute Gasteiger partial charge is 0.451 e. The molecule has 1 aliphatic carbocycles. The second-order valence-corrected chi connectivity index (χ2v) is 13.8. The minimum atomic E-state index is -4.55. The maximum Gasteiger partial charge on any atom is 0.451 e. The molecule has 12 nitrogen and oxygen atoms in total. The van der Waals surface area contributed by atoms with Crippen molar-refractivity contribution in [3.8, 4) is 0 Å². The van der Waals surface area contributed by atoms with Gasteiger partial charge < -0.3 is 24.8 Å². The van der Waals surface area contributed by atoms with E-state index in [9.17, 15) is 26.4 Å². The molecule has 0 spiro atoms. The van der Waals surface area contributed by atoms with Crippen LogP contribution in [0.1, 0.15) is 36.5 Å². The van der Waals surface area contributed by atoms with Crippen LogP contribution in [0.2, 0.25) is 0 Å². The quantitative estimate of drug-likeness (QED) is 0.313. The second-order valence-electron chi connectivity index (χ2n) is 10.3. The molecule has 1 saturated heterocycles. The van der Waals surface area contributed by atoms with Crippen LogP contribution in [0.5, 0.6) is 0 Å². The summed E-state index contributed by atoms with van der Waals surface area (Å²) >= 11 is 1.35. The summed E-state index contributed by atoms with van der Waals surface area (Å²) in [5.41, 5.74) is -0.149. The van der Waals surface area contributed by atoms with Gasteiger partial charge in [0.15, 0.2) is 27.2 Å². The molecule has 0 bridgehead atoms. The van der Waals surface area contributed by atoms with Crippen molar-refractivity contribution in [1.82, 2.24) is 30.3 Å². The summed E-state index contributed by atoms with van der Waals surface area (Å²) in [5.74, 6) is -1.27. The molecule has 2 fully saturated rings. The number of carbonyl (C=O) groups excluding carboxylic acids is 1. The number of amides is 1. The third kappa shape index (κ3) is 6.28. The van der Waals surface area contributed by atoms with Crippen LogP contribution < -0.4 is 10.6 Å². The highest BCUT2D eigenvalue weighted by Crippen LogP contribution is 2.34. The molecular formula is C25H28F3N7O5S2. The van der Waals surface area contributed by atoms with Gasteiger partial charge in [-0.1, -0.05) is 29.1 Å².